The standard InChI is InChI=1S/C70H84N10O16/c1-43-32-49-39-72-53-37-59(57(91-4)35-50(53)67(87)78(49)40-43)94-28-12-7-13-29-95-60-38-55-51(36-58(60)92-5)68(88)79-41-44(2)33-56(79)69(89)80(55)70(90)96-42-47-17-19-48(20-18-47)74-65(85)52(16-10-11-26-71)76-66(86)54(34-46-14-8-6-9-15-46)75-62(82)25-31-93-30-24-45(3)73-61(81)23-27-77-63(83)21-22-64(77)84/h6,8-9,14-15,17-22,35-39,45,49,52,54,56,69,89H,1-2,7,10-13,16,23-34,40-42,71H2,3-5H3,(H,73,81)(H,74,85)(H,75,82)(H,76,86)/t45?,49?,52-,54-,56-,69-/m0/s1. The third-order valence-electron chi connectivity index (χ3n) is 17.0. The number of hydrogen-bond donors (Lipinski definition) is 6. The number of methoxy groups -OCH3 is 2. The van der Waals surface area contributed by atoms with Crippen LogP contribution in [-0.4, -0.2) is 183 Å². The smallest absolute Gasteiger partial charge is 0.416 e. The Labute approximate surface area is 557 Å². The zero-order chi connectivity index (χ0) is 68.4. The molecule has 0 radical (unpaired) electrons. The first kappa shape index (κ1) is 70.4. The number of fused-ring (bicyclic) bond motifs is 4. The third kappa shape index (κ3) is 18.1. The van der Waals surface area contributed by atoms with Crippen LogP contribution in [0.15, 0.2) is 120 Å². The first-order valence-corrected chi connectivity index (χ1v) is 32.3. The lowest BCUT2D eigenvalue weighted by atomic mass is 10.0. The fourth-order valence-electron chi connectivity index (χ4n) is 11.8. The zero-order valence-electron chi connectivity index (χ0n) is 54.3. The number of amides is 9. The molecule has 4 aromatic rings. The van der Waals surface area contributed by atoms with E-state index in [1.807, 2.05) is 30.3 Å². The van der Waals surface area contributed by atoms with E-state index in [0.717, 1.165) is 33.1 Å². The summed E-state index contributed by atoms with van der Waals surface area (Å²) in [6.07, 6.45) is 6.07. The van der Waals surface area contributed by atoms with Crippen molar-refractivity contribution in [3.05, 3.63) is 138 Å². The van der Waals surface area contributed by atoms with Crippen molar-refractivity contribution in [2.24, 2.45) is 10.7 Å². The molecule has 2 fully saturated rings. The van der Waals surface area contributed by atoms with Crippen molar-refractivity contribution in [2.45, 2.75) is 127 Å². The van der Waals surface area contributed by atoms with Gasteiger partial charge in [0, 0.05) is 87.7 Å². The van der Waals surface area contributed by atoms with Gasteiger partial charge in [0.15, 0.2) is 29.2 Å². The van der Waals surface area contributed by atoms with Gasteiger partial charge in [-0.15, -0.1) is 0 Å². The van der Waals surface area contributed by atoms with Gasteiger partial charge in [0.2, 0.25) is 23.6 Å². The van der Waals surface area contributed by atoms with Crippen molar-refractivity contribution >= 4 is 76.6 Å². The molecule has 0 spiro atoms. The van der Waals surface area contributed by atoms with Gasteiger partial charge < -0.3 is 70.3 Å². The maximum atomic E-state index is 14.4. The molecular formula is C70H84N10O16. The van der Waals surface area contributed by atoms with Crippen LogP contribution in [0.3, 0.4) is 0 Å². The minimum absolute atomic E-state index is 0.0171. The Hall–Kier alpha value is -9.92. The molecule has 510 valence electrons. The van der Waals surface area contributed by atoms with Gasteiger partial charge in [-0.1, -0.05) is 66.8 Å². The Kier molecular flexibility index (Phi) is 24.5. The Bertz CT molecular complexity index is 3600. The highest BCUT2D eigenvalue weighted by molar-refractivity contribution is 6.13. The number of carbonyl (C=O) groups is 9. The summed E-state index contributed by atoms with van der Waals surface area (Å²) in [6.45, 7) is 11.3. The van der Waals surface area contributed by atoms with Crippen LogP contribution in [0.1, 0.15) is 109 Å². The van der Waals surface area contributed by atoms with E-state index in [1.54, 1.807) is 54.4 Å². The number of nitrogens with zero attached hydrogens (tertiary/aromatic N) is 5. The van der Waals surface area contributed by atoms with Gasteiger partial charge in [0.05, 0.1) is 68.6 Å². The molecule has 0 saturated carbocycles. The van der Waals surface area contributed by atoms with Gasteiger partial charge in [0.25, 0.3) is 23.6 Å². The maximum absolute atomic E-state index is 14.4. The second-order valence-electron chi connectivity index (χ2n) is 24.2. The molecule has 6 atom stereocenters. The minimum Gasteiger partial charge on any atom is -0.493 e. The lowest BCUT2D eigenvalue weighted by Gasteiger charge is -2.31. The van der Waals surface area contributed by atoms with E-state index >= 15 is 0 Å². The van der Waals surface area contributed by atoms with Crippen molar-refractivity contribution in [1.82, 2.24) is 30.7 Å². The second kappa shape index (κ2) is 33.5. The van der Waals surface area contributed by atoms with Gasteiger partial charge in [-0.05, 0) is 107 Å². The largest absolute Gasteiger partial charge is 0.493 e. The number of anilines is 2. The van der Waals surface area contributed by atoms with Crippen molar-refractivity contribution < 1.29 is 76.7 Å². The summed E-state index contributed by atoms with van der Waals surface area (Å²) >= 11 is 0. The quantitative estimate of drug-likeness (QED) is 0.0182. The Morgan fingerprint density at radius 2 is 1.33 bits per heavy atom. The van der Waals surface area contributed by atoms with Crippen LogP contribution in [0, 0.1) is 0 Å². The number of nitrogens with one attached hydrogen (secondary N) is 4. The zero-order valence-corrected chi connectivity index (χ0v) is 54.3. The lowest BCUT2D eigenvalue weighted by Crippen LogP contribution is -2.53. The fraction of sp³-hybridized carbons (Fsp3) is 0.429. The van der Waals surface area contributed by atoms with Crippen molar-refractivity contribution in [1.29, 1.82) is 0 Å². The summed E-state index contributed by atoms with van der Waals surface area (Å²) in [5.74, 6) is -2.11. The summed E-state index contributed by atoms with van der Waals surface area (Å²) in [4.78, 5) is 130. The van der Waals surface area contributed by atoms with Crippen LogP contribution >= 0.6 is 0 Å². The normalized spacial score (nSPS) is 17.9. The number of aliphatic imine (C=N–C) groups is 1. The molecule has 0 aromatic heterocycles. The van der Waals surface area contributed by atoms with Crippen molar-refractivity contribution in [3.63, 3.8) is 0 Å². The summed E-state index contributed by atoms with van der Waals surface area (Å²) < 4.78 is 35.3. The van der Waals surface area contributed by atoms with E-state index in [0.29, 0.717) is 104 Å². The van der Waals surface area contributed by atoms with Gasteiger partial charge in [-0.3, -0.25) is 48.2 Å². The van der Waals surface area contributed by atoms with E-state index in [9.17, 15) is 48.3 Å². The van der Waals surface area contributed by atoms with Crippen LogP contribution in [0.2, 0.25) is 0 Å². The predicted molar refractivity (Wildman–Crippen MR) is 355 cm³/mol. The number of benzene rings is 4. The van der Waals surface area contributed by atoms with Gasteiger partial charge in [-0.2, -0.15) is 0 Å². The van der Waals surface area contributed by atoms with Crippen molar-refractivity contribution in [3.8, 4) is 23.0 Å². The highest BCUT2D eigenvalue weighted by Gasteiger charge is 2.47. The molecule has 26 heteroatoms. The van der Waals surface area contributed by atoms with Crippen LogP contribution in [-0.2, 0) is 51.3 Å². The number of carbonyl (C=O) groups excluding carboxylic acids is 9. The number of aliphatic hydroxyl groups excluding tert-OH is 1. The number of rotatable bonds is 33. The topological polar surface area (TPSA) is 329 Å². The molecule has 0 aliphatic carbocycles. The summed E-state index contributed by atoms with van der Waals surface area (Å²) in [5.41, 5.74) is 10.2. The molecule has 7 N–H and O–H groups in total. The predicted octanol–water partition coefficient (Wildman–Crippen LogP) is 5.96. The molecule has 9 amide bonds. The molecular weight excluding hydrogens is 1240 g/mol. The molecule has 26 nitrogen and oxygen atoms in total. The maximum Gasteiger partial charge on any atom is 0.416 e. The minimum atomic E-state index is -1.55. The summed E-state index contributed by atoms with van der Waals surface area (Å²) in [6, 6.07) is 18.5. The van der Waals surface area contributed by atoms with Crippen LogP contribution < -0.4 is 50.8 Å². The SMILES string of the molecule is C=C1CC2C=Nc3cc(OCCCCCOc4cc5c(cc4OC)C(=O)N4CC(=C)C[C@H]4[C@H](O)N5C(=O)OCc4ccc(NC(=O)[C@H](CCCCN)NC(=O)[C@H](Cc5ccccc5)NC(=O)CCOCCC(C)NC(=O)CCN5C(=O)C=CC5=O)cc4)c(OC)cc3C(=O)N2C1. The third-order valence-corrected chi connectivity index (χ3v) is 17.0. The van der Waals surface area contributed by atoms with Gasteiger partial charge >= 0.3 is 6.09 Å². The molecule has 2 unspecified atom stereocenters. The Morgan fingerprint density at radius 3 is 2.03 bits per heavy atom. The molecule has 96 heavy (non-hydrogen) atoms. The van der Waals surface area contributed by atoms with E-state index in [-0.39, 0.29) is 118 Å². The Morgan fingerprint density at radius 1 is 0.677 bits per heavy atom. The number of hydrogen-bond acceptors (Lipinski definition) is 18. The van der Waals surface area contributed by atoms with E-state index < -0.39 is 65.9 Å². The first-order valence-electron chi connectivity index (χ1n) is 32.3. The van der Waals surface area contributed by atoms with Crippen molar-refractivity contribution in [2.75, 3.05) is 77.0 Å². The first-order chi connectivity index (χ1) is 46.3. The number of unbranched alkanes of at least 4 members (excludes halogenated alkanes) is 3. The molecule has 5 heterocycles. The fourth-order valence-corrected chi connectivity index (χ4v) is 11.8. The van der Waals surface area contributed by atoms with E-state index in [1.165, 1.54) is 31.3 Å². The van der Waals surface area contributed by atoms with E-state index in [2.05, 4.69) is 39.4 Å². The van der Waals surface area contributed by atoms with Gasteiger partial charge in [0.1, 0.15) is 18.7 Å². The molecule has 4 aromatic carbocycles. The monoisotopic (exact) mass is 1320 g/mol. The highest BCUT2D eigenvalue weighted by Crippen LogP contribution is 2.43. The Balaban J connectivity index is 0.776. The van der Waals surface area contributed by atoms with E-state index in [4.69, 9.17) is 34.2 Å². The number of imide groups is 1. The highest BCUT2D eigenvalue weighted by atomic mass is 16.6. The number of nitrogens with two attached hydrogens (primary N) is 1. The number of aliphatic hydroxyl groups is 1. The molecule has 5 aliphatic heterocycles. The molecule has 2 saturated heterocycles. The second-order valence-corrected chi connectivity index (χ2v) is 24.2. The molecule has 5 aliphatic rings. The molecule has 0 bridgehead atoms. The van der Waals surface area contributed by atoms with Gasteiger partial charge in [-0.25, -0.2) is 9.69 Å². The van der Waals surface area contributed by atoms with Crippen LogP contribution in [0.5, 0.6) is 23.0 Å². The van der Waals surface area contributed by atoms with Crippen LogP contribution in [0.4, 0.5) is 21.9 Å². The van der Waals surface area contributed by atoms with Crippen LogP contribution in [0.25, 0.3) is 0 Å². The average molecular weight is 1320 g/mol. The summed E-state index contributed by atoms with van der Waals surface area (Å²) in [7, 11) is 2.95. The lowest BCUT2D eigenvalue weighted by molar-refractivity contribution is -0.137. The average Bonchev–Trinajstić information content (AvgIpc) is 1.57. The number of ether oxygens (including phenoxy) is 6. The summed E-state index contributed by atoms with van der Waals surface area (Å²) in [5, 5.41) is 23.4. The molecule has 9 rings (SSSR count).